The van der Waals surface area contributed by atoms with Crippen molar-refractivity contribution in [3.05, 3.63) is 26.2 Å². The molecule has 2 amide bonds. The molecule has 1 aliphatic heterocycles. The number of carbonyl (C=O) groups is 2. The topological polar surface area (TPSA) is 66.8 Å². The van der Waals surface area contributed by atoms with Gasteiger partial charge >= 0.3 is 0 Å². The molecule has 2 rings (SSSR count). The number of aromatic hydroxyl groups is 1. The molecule has 0 atom stereocenters. The fraction of sp³-hybridized carbons (Fsp3) is 0.333. The molecular weight excluding hydrogens is 417 g/mol. The average Bonchev–Trinajstić information content (AvgIpc) is 2.75. The Labute approximate surface area is 146 Å². The SMILES string of the molecule is CCCCN1C(=O)S/C(=C\c2cc(I)c(O)c(OC)c2)C1=O. The summed E-state index contributed by atoms with van der Waals surface area (Å²) in [7, 11) is 1.47. The zero-order valence-electron chi connectivity index (χ0n) is 12.3. The Morgan fingerprint density at radius 1 is 1.41 bits per heavy atom. The summed E-state index contributed by atoms with van der Waals surface area (Å²) >= 11 is 2.93. The van der Waals surface area contributed by atoms with Gasteiger partial charge in [0.25, 0.3) is 11.1 Å². The smallest absolute Gasteiger partial charge is 0.293 e. The Morgan fingerprint density at radius 2 is 2.14 bits per heavy atom. The molecule has 1 aromatic rings. The molecule has 1 aromatic carbocycles. The number of hydrogen-bond acceptors (Lipinski definition) is 5. The molecule has 1 aliphatic rings. The summed E-state index contributed by atoms with van der Waals surface area (Å²) in [6.45, 7) is 2.47. The third kappa shape index (κ3) is 3.57. The maximum atomic E-state index is 12.3. The van der Waals surface area contributed by atoms with Crippen LogP contribution < -0.4 is 4.74 Å². The number of halogens is 1. The summed E-state index contributed by atoms with van der Waals surface area (Å²) in [5.74, 6) is 0.144. The van der Waals surface area contributed by atoms with Crippen LogP contribution in [0.2, 0.25) is 0 Å². The number of carbonyl (C=O) groups excluding carboxylic acids is 2. The van der Waals surface area contributed by atoms with Crippen molar-refractivity contribution in [2.24, 2.45) is 0 Å². The Hall–Kier alpha value is -1.22. The van der Waals surface area contributed by atoms with Crippen molar-refractivity contribution in [1.82, 2.24) is 4.90 Å². The molecule has 1 saturated heterocycles. The minimum absolute atomic E-state index is 0.0660. The van der Waals surface area contributed by atoms with Crippen LogP contribution in [0.1, 0.15) is 25.3 Å². The number of phenols is 1. The van der Waals surface area contributed by atoms with Gasteiger partial charge in [-0.3, -0.25) is 14.5 Å². The van der Waals surface area contributed by atoms with Crippen LogP contribution >= 0.6 is 34.4 Å². The Balaban J connectivity index is 2.29. The van der Waals surface area contributed by atoms with Gasteiger partial charge in [-0.15, -0.1) is 0 Å². The second-order valence-electron chi connectivity index (χ2n) is 4.74. The van der Waals surface area contributed by atoms with E-state index in [1.807, 2.05) is 29.5 Å². The molecule has 1 N–H and O–H groups in total. The highest BCUT2D eigenvalue weighted by atomic mass is 127. The van der Waals surface area contributed by atoms with Crippen LogP contribution in [0.4, 0.5) is 4.79 Å². The van der Waals surface area contributed by atoms with E-state index in [-0.39, 0.29) is 16.9 Å². The summed E-state index contributed by atoms with van der Waals surface area (Å²) in [5.41, 5.74) is 0.708. The number of ether oxygens (including phenoxy) is 1. The Morgan fingerprint density at radius 3 is 2.77 bits per heavy atom. The molecule has 118 valence electrons. The van der Waals surface area contributed by atoms with Crippen molar-refractivity contribution in [3.63, 3.8) is 0 Å². The van der Waals surface area contributed by atoms with Crippen LogP contribution in [0.25, 0.3) is 6.08 Å². The zero-order chi connectivity index (χ0) is 16.3. The quantitative estimate of drug-likeness (QED) is 0.565. The Bertz CT molecular complexity index is 645. The normalized spacial score (nSPS) is 16.7. The molecule has 1 fully saturated rings. The van der Waals surface area contributed by atoms with Crippen LogP contribution in [-0.4, -0.2) is 34.8 Å². The van der Waals surface area contributed by atoms with Gasteiger partial charge in [-0.05, 0) is 64.5 Å². The van der Waals surface area contributed by atoms with Crippen molar-refractivity contribution in [2.45, 2.75) is 19.8 Å². The van der Waals surface area contributed by atoms with Crippen molar-refractivity contribution in [2.75, 3.05) is 13.7 Å². The third-order valence-electron chi connectivity index (χ3n) is 3.18. The Kier molecular flexibility index (Phi) is 5.74. The lowest BCUT2D eigenvalue weighted by molar-refractivity contribution is -0.122. The first-order chi connectivity index (χ1) is 10.5. The van der Waals surface area contributed by atoms with Gasteiger partial charge in [0, 0.05) is 6.54 Å². The van der Waals surface area contributed by atoms with Crippen LogP contribution in [0, 0.1) is 3.57 Å². The van der Waals surface area contributed by atoms with E-state index < -0.39 is 0 Å². The molecule has 0 bridgehead atoms. The van der Waals surface area contributed by atoms with Gasteiger partial charge in [-0.25, -0.2) is 0 Å². The first-order valence-electron chi connectivity index (χ1n) is 6.79. The molecule has 0 spiro atoms. The second kappa shape index (κ2) is 7.36. The summed E-state index contributed by atoms with van der Waals surface area (Å²) in [4.78, 5) is 25.8. The minimum atomic E-state index is -0.259. The molecular formula is C15H16INO4S. The molecule has 0 aromatic heterocycles. The van der Waals surface area contributed by atoms with E-state index in [1.54, 1.807) is 18.2 Å². The summed E-state index contributed by atoms with van der Waals surface area (Å²) in [5, 5.41) is 9.60. The molecule has 22 heavy (non-hydrogen) atoms. The largest absolute Gasteiger partial charge is 0.504 e. The fourth-order valence-corrected chi connectivity index (χ4v) is 3.48. The number of phenolic OH excluding ortho intramolecular Hbond substituents is 1. The van der Waals surface area contributed by atoms with E-state index >= 15 is 0 Å². The van der Waals surface area contributed by atoms with Crippen LogP contribution in [0.3, 0.4) is 0 Å². The maximum absolute atomic E-state index is 12.3. The van der Waals surface area contributed by atoms with E-state index in [2.05, 4.69) is 0 Å². The predicted octanol–water partition coefficient (Wildman–Crippen LogP) is 3.84. The summed E-state index contributed by atoms with van der Waals surface area (Å²) in [6.07, 6.45) is 3.38. The molecule has 0 radical (unpaired) electrons. The molecule has 0 unspecified atom stereocenters. The van der Waals surface area contributed by atoms with Gasteiger partial charge in [0.1, 0.15) is 0 Å². The lowest BCUT2D eigenvalue weighted by Crippen LogP contribution is -2.29. The van der Waals surface area contributed by atoms with E-state index in [9.17, 15) is 14.7 Å². The van der Waals surface area contributed by atoms with Crippen molar-refractivity contribution >= 4 is 51.6 Å². The number of nitrogens with zero attached hydrogens (tertiary/aromatic N) is 1. The predicted molar refractivity (Wildman–Crippen MR) is 95.0 cm³/mol. The molecule has 7 heteroatoms. The number of methoxy groups -OCH3 is 1. The first kappa shape index (κ1) is 17.1. The van der Waals surface area contributed by atoms with Crippen LogP contribution in [-0.2, 0) is 4.79 Å². The number of amides is 2. The number of rotatable bonds is 5. The van der Waals surface area contributed by atoms with Gasteiger partial charge in [0.05, 0.1) is 15.6 Å². The summed E-state index contributed by atoms with van der Waals surface area (Å²) in [6, 6.07) is 3.37. The average molecular weight is 433 g/mol. The lowest BCUT2D eigenvalue weighted by Gasteiger charge is -2.10. The zero-order valence-corrected chi connectivity index (χ0v) is 15.2. The number of unbranched alkanes of at least 4 members (excludes halogenated alkanes) is 1. The van der Waals surface area contributed by atoms with Crippen LogP contribution in [0.15, 0.2) is 17.0 Å². The number of thioether (sulfide) groups is 1. The van der Waals surface area contributed by atoms with Gasteiger partial charge in [-0.1, -0.05) is 13.3 Å². The lowest BCUT2D eigenvalue weighted by atomic mass is 10.2. The molecule has 1 heterocycles. The van der Waals surface area contributed by atoms with E-state index in [0.29, 0.717) is 26.3 Å². The number of benzene rings is 1. The monoisotopic (exact) mass is 433 g/mol. The molecule has 0 saturated carbocycles. The first-order valence-corrected chi connectivity index (χ1v) is 8.69. The third-order valence-corrected chi connectivity index (χ3v) is 4.91. The van der Waals surface area contributed by atoms with E-state index in [4.69, 9.17) is 4.74 Å². The molecule has 5 nitrogen and oxygen atoms in total. The van der Waals surface area contributed by atoms with Crippen molar-refractivity contribution in [1.29, 1.82) is 0 Å². The second-order valence-corrected chi connectivity index (χ2v) is 6.90. The highest BCUT2D eigenvalue weighted by Gasteiger charge is 2.34. The molecule has 0 aliphatic carbocycles. The van der Waals surface area contributed by atoms with Gasteiger partial charge < -0.3 is 9.84 Å². The van der Waals surface area contributed by atoms with Gasteiger partial charge in [0.2, 0.25) is 0 Å². The highest BCUT2D eigenvalue weighted by Crippen LogP contribution is 2.36. The van der Waals surface area contributed by atoms with Gasteiger partial charge in [0.15, 0.2) is 11.5 Å². The van der Waals surface area contributed by atoms with Crippen molar-refractivity contribution < 1.29 is 19.4 Å². The summed E-state index contributed by atoms with van der Waals surface area (Å²) < 4.78 is 5.72. The van der Waals surface area contributed by atoms with E-state index in [1.165, 1.54) is 12.0 Å². The van der Waals surface area contributed by atoms with E-state index in [0.717, 1.165) is 24.6 Å². The van der Waals surface area contributed by atoms with Gasteiger partial charge in [-0.2, -0.15) is 0 Å². The standard InChI is InChI=1S/C15H16INO4S/c1-3-4-5-17-14(19)12(22-15(17)20)8-9-6-10(16)13(18)11(7-9)21-2/h6-8,18H,3-5H2,1-2H3/b12-8-. The number of hydrogen-bond donors (Lipinski definition) is 1. The fourth-order valence-electron chi connectivity index (χ4n) is 1.99. The number of imide groups is 1. The maximum Gasteiger partial charge on any atom is 0.293 e. The van der Waals surface area contributed by atoms with Crippen molar-refractivity contribution in [3.8, 4) is 11.5 Å². The minimum Gasteiger partial charge on any atom is -0.504 e. The highest BCUT2D eigenvalue weighted by molar-refractivity contribution is 14.1. The van der Waals surface area contributed by atoms with Crippen LogP contribution in [0.5, 0.6) is 11.5 Å².